The molecule has 5 heteroatoms. The Morgan fingerprint density at radius 1 is 1.14 bits per heavy atom. The van der Waals surface area contributed by atoms with Crippen molar-refractivity contribution in [2.75, 3.05) is 11.9 Å². The van der Waals surface area contributed by atoms with E-state index >= 15 is 0 Å². The first-order chi connectivity index (χ1) is 9.90. The summed E-state index contributed by atoms with van der Waals surface area (Å²) in [6.07, 6.45) is 0. The average molecular weight is 322 g/mol. The van der Waals surface area contributed by atoms with E-state index in [9.17, 15) is 0 Å². The second-order valence-electron chi connectivity index (χ2n) is 4.92. The summed E-state index contributed by atoms with van der Waals surface area (Å²) in [5, 5.41) is 8.74. The van der Waals surface area contributed by atoms with Crippen LogP contribution >= 0.6 is 23.2 Å². The molecule has 3 nitrogen and oxygen atoms in total. The molecular weight excluding hydrogens is 305 g/mol. The minimum Gasteiger partial charge on any atom is -0.384 e. The predicted octanol–water partition coefficient (Wildman–Crippen LogP) is 4.47. The van der Waals surface area contributed by atoms with E-state index in [1.165, 1.54) is 0 Å². The van der Waals surface area contributed by atoms with E-state index in [1.54, 1.807) is 12.1 Å². The molecule has 0 saturated carbocycles. The van der Waals surface area contributed by atoms with Gasteiger partial charge in [0.2, 0.25) is 0 Å². The van der Waals surface area contributed by atoms with Crippen molar-refractivity contribution in [1.82, 2.24) is 0 Å². The number of nitrogens with two attached hydrogens (primary N) is 1. The number of halogens is 2. The van der Waals surface area contributed by atoms with Crippen molar-refractivity contribution < 1.29 is 0 Å². The Bertz CT molecular complexity index is 653. The number of nitrogens with one attached hydrogen (secondary N) is 1. The Morgan fingerprint density at radius 3 is 2.29 bits per heavy atom. The third kappa shape index (κ3) is 3.49. The Hall–Kier alpha value is -1.71. The largest absolute Gasteiger partial charge is 0.384 e. The highest BCUT2D eigenvalue weighted by Crippen LogP contribution is 2.32. The predicted molar refractivity (Wildman–Crippen MR) is 90.7 cm³/mol. The van der Waals surface area contributed by atoms with Crippen LogP contribution in [0.1, 0.15) is 24.1 Å². The Kier molecular flexibility index (Phi) is 4.76. The Balaban J connectivity index is 2.28. The van der Waals surface area contributed by atoms with Crippen molar-refractivity contribution in [3.8, 4) is 0 Å². The fourth-order valence-corrected chi connectivity index (χ4v) is 2.57. The van der Waals surface area contributed by atoms with Crippen LogP contribution < -0.4 is 10.6 Å². The lowest BCUT2D eigenvalue weighted by atomic mass is 10.1. The van der Waals surface area contributed by atoms with Crippen molar-refractivity contribution in [2.24, 2.45) is 5.73 Å². The van der Waals surface area contributed by atoms with Crippen molar-refractivity contribution >= 4 is 34.7 Å². The molecule has 0 spiro atoms. The van der Waals surface area contributed by atoms with Gasteiger partial charge in [-0.05, 0) is 42.8 Å². The zero-order chi connectivity index (χ0) is 15.6. The first-order valence-electron chi connectivity index (χ1n) is 6.52. The highest BCUT2D eigenvalue weighted by Gasteiger charge is 2.15. The molecule has 0 heterocycles. The van der Waals surface area contributed by atoms with Gasteiger partial charge in [-0.2, -0.15) is 0 Å². The summed E-state index contributed by atoms with van der Waals surface area (Å²) < 4.78 is 0. The molecule has 110 valence electrons. The fraction of sp³-hybridized carbons (Fsp3) is 0.188. The van der Waals surface area contributed by atoms with E-state index in [0.29, 0.717) is 10.6 Å². The van der Waals surface area contributed by atoms with Crippen LogP contribution in [0.25, 0.3) is 0 Å². The lowest BCUT2D eigenvalue weighted by Crippen LogP contribution is -2.22. The van der Waals surface area contributed by atoms with Gasteiger partial charge in [-0.25, -0.2) is 0 Å². The molecule has 0 aliphatic carbocycles. The number of amidine groups is 1. The van der Waals surface area contributed by atoms with E-state index in [-0.39, 0.29) is 11.9 Å². The first kappa shape index (κ1) is 15.7. The maximum Gasteiger partial charge on any atom is 0.122 e. The van der Waals surface area contributed by atoms with Crippen LogP contribution in [-0.4, -0.2) is 12.9 Å². The lowest BCUT2D eigenvalue weighted by Gasteiger charge is -2.28. The molecule has 3 N–H and O–H groups in total. The van der Waals surface area contributed by atoms with Gasteiger partial charge >= 0.3 is 0 Å². The zero-order valence-corrected chi connectivity index (χ0v) is 13.4. The van der Waals surface area contributed by atoms with Gasteiger partial charge in [0.05, 0.1) is 16.8 Å². The minimum absolute atomic E-state index is 0.0110. The van der Waals surface area contributed by atoms with E-state index in [1.807, 2.05) is 37.4 Å². The van der Waals surface area contributed by atoms with Crippen molar-refractivity contribution in [3.63, 3.8) is 0 Å². The van der Waals surface area contributed by atoms with Crippen molar-refractivity contribution in [3.05, 3.63) is 63.6 Å². The number of anilines is 1. The van der Waals surface area contributed by atoms with Gasteiger partial charge in [0.1, 0.15) is 5.84 Å². The van der Waals surface area contributed by atoms with Crippen LogP contribution in [-0.2, 0) is 0 Å². The minimum atomic E-state index is 0.0110. The summed E-state index contributed by atoms with van der Waals surface area (Å²) in [6, 6.07) is 13.3. The molecule has 0 bridgehead atoms. The summed E-state index contributed by atoms with van der Waals surface area (Å²) >= 11 is 12.2. The molecular formula is C16H17Cl2N3. The van der Waals surface area contributed by atoms with Crippen molar-refractivity contribution in [2.45, 2.75) is 13.0 Å². The molecule has 2 aromatic rings. The van der Waals surface area contributed by atoms with Crippen LogP contribution in [0.4, 0.5) is 5.69 Å². The average Bonchev–Trinajstić information content (AvgIpc) is 2.46. The number of hydrogen-bond acceptors (Lipinski definition) is 2. The lowest BCUT2D eigenvalue weighted by molar-refractivity contribution is 0.740. The molecule has 0 aliphatic rings. The zero-order valence-electron chi connectivity index (χ0n) is 11.9. The molecule has 0 fully saturated rings. The molecule has 2 rings (SSSR count). The first-order valence-corrected chi connectivity index (χ1v) is 7.28. The molecule has 0 radical (unpaired) electrons. The molecule has 0 saturated heterocycles. The second-order valence-corrected chi connectivity index (χ2v) is 5.76. The molecule has 2 aromatic carbocycles. The van der Waals surface area contributed by atoms with Crippen LogP contribution in [0.3, 0.4) is 0 Å². The summed E-state index contributed by atoms with van der Waals surface area (Å²) in [5.74, 6) is 0.0110. The number of rotatable bonds is 4. The monoisotopic (exact) mass is 321 g/mol. The molecule has 0 amide bonds. The molecule has 0 aromatic heterocycles. The summed E-state index contributed by atoms with van der Waals surface area (Å²) in [4.78, 5) is 2.08. The second kappa shape index (κ2) is 6.37. The maximum absolute atomic E-state index is 7.44. The Morgan fingerprint density at radius 2 is 1.76 bits per heavy atom. The summed E-state index contributed by atoms with van der Waals surface area (Å²) in [6.45, 7) is 2.10. The standard InChI is InChI=1S/C16H17Cl2N3/c1-10(11-3-6-13(17)7-4-11)21(2)15-8-5-12(16(19)20)9-14(15)18/h3-10H,1-2H3,(H3,19,20). The fourth-order valence-electron chi connectivity index (χ4n) is 2.13. The van der Waals surface area contributed by atoms with Gasteiger partial charge in [0.15, 0.2) is 0 Å². The number of nitrogens with zero attached hydrogens (tertiary/aromatic N) is 1. The molecule has 21 heavy (non-hydrogen) atoms. The highest BCUT2D eigenvalue weighted by molar-refractivity contribution is 6.33. The van der Waals surface area contributed by atoms with Gasteiger partial charge in [0.25, 0.3) is 0 Å². The third-order valence-electron chi connectivity index (χ3n) is 3.57. The van der Waals surface area contributed by atoms with Gasteiger partial charge in [-0.15, -0.1) is 0 Å². The van der Waals surface area contributed by atoms with Crippen molar-refractivity contribution in [1.29, 1.82) is 5.41 Å². The highest BCUT2D eigenvalue weighted by atomic mass is 35.5. The Labute approximate surface area is 134 Å². The topological polar surface area (TPSA) is 53.1 Å². The van der Waals surface area contributed by atoms with Gasteiger partial charge in [-0.3, -0.25) is 5.41 Å². The summed E-state index contributed by atoms with van der Waals surface area (Å²) in [7, 11) is 1.98. The number of nitrogen functional groups attached to an aromatic ring is 1. The molecule has 1 atom stereocenters. The normalized spacial score (nSPS) is 12.0. The van der Waals surface area contributed by atoms with Crippen LogP contribution in [0.15, 0.2) is 42.5 Å². The maximum atomic E-state index is 7.44. The number of benzene rings is 2. The van der Waals surface area contributed by atoms with Gasteiger partial charge < -0.3 is 10.6 Å². The molecule has 0 aliphatic heterocycles. The van der Waals surface area contributed by atoms with Gasteiger partial charge in [0, 0.05) is 17.6 Å². The van der Waals surface area contributed by atoms with Gasteiger partial charge in [-0.1, -0.05) is 35.3 Å². The third-order valence-corrected chi connectivity index (χ3v) is 4.13. The van der Waals surface area contributed by atoms with Crippen LogP contribution in [0.2, 0.25) is 10.0 Å². The number of hydrogen-bond donors (Lipinski definition) is 2. The van der Waals surface area contributed by atoms with E-state index < -0.39 is 0 Å². The SMILES string of the molecule is CC(c1ccc(Cl)cc1)N(C)c1ccc(C(=N)N)cc1Cl. The van der Waals surface area contributed by atoms with E-state index in [0.717, 1.165) is 16.3 Å². The van der Waals surface area contributed by atoms with E-state index in [2.05, 4.69) is 11.8 Å². The molecule has 1 unspecified atom stereocenters. The smallest absolute Gasteiger partial charge is 0.122 e. The van der Waals surface area contributed by atoms with Crippen LogP contribution in [0, 0.1) is 5.41 Å². The van der Waals surface area contributed by atoms with E-state index in [4.69, 9.17) is 34.3 Å². The summed E-state index contributed by atoms with van der Waals surface area (Å²) in [5.41, 5.74) is 8.13. The van der Waals surface area contributed by atoms with Crippen LogP contribution in [0.5, 0.6) is 0 Å². The quantitative estimate of drug-likeness (QED) is 0.644.